The molecule has 0 fully saturated rings. The third-order valence-corrected chi connectivity index (χ3v) is 5.25. The van der Waals surface area contributed by atoms with E-state index in [1.807, 2.05) is 48.7 Å². The summed E-state index contributed by atoms with van der Waals surface area (Å²) in [6, 6.07) is 15.1. The first-order valence-corrected chi connectivity index (χ1v) is 9.02. The average molecular weight is 363 g/mol. The van der Waals surface area contributed by atoms with Crippen LogP contribution in [0.15, 0.2) is 59.7 Å². The van der Waals surface area contributed by atoms with E-state index >= 15 is 0 Å². The smallest absolute Gasteiger partial charge is 0.139 e. The number of aliphatic hydroxyl groups excluding tert-OH is 1. The van der Waals surface area contributed by atoms with Gasteiger partial charge in [0.2, 0.25) is 0 Å². The van der Waals surface area contributed by atoms with Gasteiger partial charge in [0, 0.05) is 22.7 Å². The van der Waals surface area contributed by atoms with Gasteiger partial charge in [-0.05, 0) is 18.6 Å². The van der Waals surface area contributed by atoms with Gasteiger partial charge in [-0.3, -0.25) is 5.41 Å². The first kappa shape index (κ1) is 16.4. The lowest BCUT2D eigenvalue weighted by Gasteiger charge is -2.19. The minimum absolute atomic E-state index is 0.115. The maximum absolute atomic E-state index is 10.4. The van der Waals surface area contributed by atoms with E-state index in [0.717, 1.165) is 16.8 Å². The summed E-state index contributed by atoms with van der Waals surface area (Å²) >= 11 is 1.41. The highest BCUT2D eigenvalue weighted by molar-refractivity contribution is 7.11. The molecule has 3 aromatic rings. The number of hydrogen-bond acceptors (Lipinski definition) is 5. The van der Waals surface area contributed by atoms with Crippen LogP contribution >= 0.6 is 11.3 Å². The maximum atomic E-state index is 10.4. The third-order valence-electron chi connectivity index (χ3n) is 4.40. The molecule has 2 aromatic carbocycles. The van der Waals surface area contributed by atoms with Crippen LogP contribution in [0.25, 0.3) is 16.8 Å². The summed E-state index contributed by atoms with van der Waals surface area (Å²) in [7, 11) is 0. The van der Waals surface area contributed by atoms with Crippen molar-refractivity contribution in [3.05, 3.63) is 70.2 Å². The molecule has 0 saturated carbocycles. The van der Waals surface area contributed by atoms with Gasteiger partial charge >= 0.3 is 0 Å². The largest absolute Gasteiger partial charge is 0.510 e. The molecule has 0 aliphatic carbocycles. The van der Waals surface area contributed by atoms with Crippen molar-refractivity contribution < 1.29 is 10.2 Å². The normalized spacial score (nSPS) is 14.3. The zero-order valence-electron chi connectivity index (χ0n) is 14.1. The number of phenols is 1. The van der Waals surface area contributed by atoms with Crippen molar-refractivity contribution in [3.63, 3.8) is 0 Å². The number of aliphatic hydroxyl groups is 1. The molecule has 0 amide bonds. The number of aryl methyl sites for hydroxylation is 1. The SMILES string of the molecule is Cc1ccc(N2CC(O)=C(c3nc(-c4ccccc4)cs3)C2=N)cc1O. The lowest BCUT2D eigenvalue weighted by atomic mass is 10.2. The number of thiazole rings is 1. The van der Waals surface area contributed by atoms with Crippen LogP contribution in [0.2, 0.25) is 0 Å². The van der Waals surface area contributed by atoms with Crippen molar-refractivity contribution in [2.24, 2.45) is 0 Å². The van der Waals surface area contributed by atoms with Crippen LogP contribution in [0.1, 0.15) is 10.6 Å². The van der Waals surface area contributed by atoms with Gasteiger partial charge in [0.25, 0.3) is 0 Å². The Labute approximate surface area is 155 Å². The van der Waals surface area contributed by atoms with E-state index in [0.29, 0.717) is 16.3 Å². The van der Waals surface area contributed by atoms with Gasteiger partial charge in [-0.2, -0.15) is 0 Å². The molecular weight excluding hydrogens is 346 g/mol. The van der Waals surface area contributed by atoms with Gasteiger partial charge in [-0.15, -0.1) is 11.3 Å². The summed E-state index contributed by atoms with van der Waals surface area (Å²) in [6.07, 6.45) is 0. The molecule has 0 atom stereocenters. The Balaban J connectivity index is 1.65. The summed E-state index contributed by atoms with van der Waals surface area (Å²) in [4.78, 5) is 6.27. The van der Waals surface area contributed by atoms with E-state index in [1.165, 1.54) is 11.3 Å². The lowest BCUT2D eigenvalue weighted by Crippen LogP contribution is -2.25. The number of nitrogens with one attached hydrogen (secondary N) is 1. The van der Waals surface area contributed by atoms with E-state index in [9.17, 15) is 10.2 Å². The fraction of sp³-hybridized carbons (Fsp3) is 0.100. The molecule has 5 nitrogen and oxygen atoms in total. The number of anilines is 1. The number of aromatic nitrogens is 1. The fourth-order valence-electron chi connectivity index (χ4n) is 2.92. The minimum Gasteiger partial charge on any atom is -0.510 e. The number of amidine groups is 1. The molecule has 26 heavy (non-hydrogen) atoms. The Hall–Kier alpha value is -3.12. The quantitative estimate of drug-likeness (QED) is 0.636. The molecule has 0 radical (unpaired) electrons. The predicted octanol–water partition coefficient (Wildman–Crippen LogP) is 4.59. The van der Waals surface area contributed by atoms with Gasteiger partial charge in [0.15, 0.2) is 0 Å². The summed E-state index contributed by atoms with van der Waals surface area (Å²) < 4.78 is 0. The molecule has 0 bridgehead atoms. The van der Waals surface area contributed by atoms with Gasteiger partial charge < -0.3 is 15.1 Å². The van der Waals surface area contributed by atoms with Crippen molar-refractivity contribution in [1.29, 1.82) is 5.41 Å². The summed E-state index contributed by atoms with van der Waals surface area (Å²) in [5.74, 6) is 0.465. The number of phenolic OH excluding ortho intramolecular Hbond substituents is 1. The molecule has 0 spiro atoms. The van der Waals surface area contributed by atoms with Gasteiger partial charge in [0.1, 0.15) is 22.4 Å². The fourth-order valence-corrected chi connectivity index (χ4v) is 3.82. The zero-order chi connectivity index (χ0) is 18.3. The van der Waals surface area contributed by atoms with Crippen molar-refractivity contribution in [2.45, 2.75) is 6.92 Å². The van der Waals surface area contributed by atoms with Crippen LogP contribution in [-0.4, -0.2) is 27.6 Å². The monoisotopic (exact) mass is 363 g/mol. The van der Waals surface area contributed by atoms with Gasteiger partial charge in [-0.1, -0.05) is 36.4 Å². The lowest BCUT2D eigenvalue weighted by molar-refractivity contribution is 0.411. The molecule has 4 rings (SSSR count). The highest BCUT2D eigenvalue weighted by atomic mass is 32.1. The molecule has 3 N–H and O–H groups in total. The van der Waals surface area contributed by atoms with Crippen LogP contribution in [-0.2, 0) is 0 Å². The second-order valence-electron chi connectivity index (χ2n) is 6.13. The van der Waals surface area contributed by atoms with Crippen LogP contribution in [0.3, 0.4) is 0 Å². The highest BCUT2D eigenvalue weighted by Gasteiger charge is 2.31. The summed E-state index contributed by atoms with van der Waals surface area (Å²) in [5.41, 5.74) is 3.70. The van der Waals surface area contributed by atoms with E-state index in [2.05, 4.69) is 4.98 Å². The number of hydrogen-bond donors (Lipinski definition) is 3. The Morgan fingerprint density at radius 1 is 1.12 bits per heavy atom. The first-order valence-electron chi connectivity index (χ1n) is 8.14. The van der Waals surface area contributed by atoms with Crippen LogP contribution in [0.5, 0.6) is 5.75 Å². The molecular formula is C20H17N3O2S. The standard InChI is InChI=1S/C20H17N3O2S/c1-12-7-8-14(9-16(12)24)23-10-17(25)18(19(23)21)20-22-15(11-26-20)13-5-3-2-4-6-13/h2-9,11,21,24-25H,10H2,1H3. The Morgan fingerprint density at radius 3 is 2.62 bits per heavy atom. The van der Waals surface area contributed by atoms with Gasteiger partial charge in [0.05, 0.1) is 17.8 Å². The van der Waals surface area contributed by atoms with Crippen molar-refractivity contribution in [1.82, 2.24) is 4.98 Å². The Bertz CT molecular complexity index is 1020. The van der Waals surface area contributed by atoms with E-state index in [1.54, 1.807) is 17.0 Å². The molecule has 6 heteroatoms. The van der Waals surface area contributed by atoms with Crippen LogP contribution in [0, 0.1) is 12.3 Å². The molecule has 1 aromatic heterocycles. The molecule has 1 aliphatic heterocycles. The third kappa shape index (κ3) is 2.74. The number of aromatic hydroxyl groups is 1. The summed E-state index contributed by atoms with van der Waals surface area (Å²) in [6.45, 7) is 2.01. The van der Waals surface area contributed by atoms with E-state index in [-0.39, 0.29) is 23.9 Å². The second-order valence-corrected chi connectivity index (χ2v) is 6.99. The molecule has 2 heterocycles. The molecule has 0 unspecified atom stereocenters. The second kappa shape index (κ2) is 6.31. The minimum atomic E-state index is 0.115. The van der Waals surface area contributed by atoms with Crippen LogP contribution < -0.4 is 4.90 Å². The molecule has 130 valence electrons. The topological polar surface area (TPSA) is 80.4 Å². The highest BCUT2D eigenvalue weighted by Crippen LogP contribution is 2.35. The van der Waals surface area contributed by atoms with Gasteiger partial charge in [-0.25, -0.2) is 4.98 Å². The maximum Gasteiger partial charge on any atom is 0.139 e. The summed E-state index contributed by atoms with van der Waals surface area (Å²) in [5, 5.41) is 31.4. The predicted molar refractivity (Wildman–Crippen MR) is 105 cm³/mol. The molecule has 1 aliphatic rings. The Kier molecular flexibility index (Phi) is 3.97. The number of benzene rings is 2. The van der Waals surface area contributed by atoms with Crippen molar-refractivity contribution in [3.8, 4) is 17.0 Å². The molecule has 0 saturated heterocycles. The zero-order valence-corrected chi connectivity index (χ0v) is 14.9. The van der Waals surface area contributed by atoms with Crippen molar-refractivity contribution >= 4 is 28.4 Å². The van der Waals surface area contributed by atoms with Crippen LogP contribution in [0.4, 0.5) is 5.69 Å². The first-order chi connectivity index (χ1) is 12.5. The van der Waals surface area contributed by atoms with Crippen molar-refractivity contribution in [2.75, 3.05) is 11.4 Å². The average Bonchev–Trinajstić information content (AvgIpc) is 3.23. The number of nitrogens with zero attached hydrogens (tertiary/aromatic N) is 2. The Morgan fingerprint density at radius 2 is 1.88 bits per heavy atom. The van der Waals surface area contributed by atoms with E-state index < -0.39 is 0 Å². The van der Waals surface area contributed by atoms with E-state index in [4.69, 9.17) is 5.41 Å². The number of rotatable bonds is 3.